The van der Waals surface area contributed by atoms with Gasteiger partial charge in [-0.3, -0.25) is 4.90 Å². The van der Waals surface area contributed by atoms with Crippen LogP contribution in [-0.2, 0) is 17.8 Å². The van der Waals surface area contributed by atoms with Crippen molar-refractivity contribution in [3.05, 3.63) is 18.2 Å². The van der Waals surface area contributed by atoms with Gasteiger partial charge < -0.3 is 14.6 Å². The minimum atomic E-state index is 0.640. The van der Waals surface area contributed by atoms with Gasteiger partial charge in [0.25, 0.3) is 0 Å². The Morgan fingerprint density at radius 3 is 3.15 bits per heavy atom. The van der Waals surface area contributed by atoms with E-state index >= 15 is 0 Å². The minimum Gasteiger partial charge on any atom is -0.383 e. The van der Waals surface area contributed by atoms with Crippen molar-refractivity contribution in [2.75, 3.05) is 33.4 Å². The first kappa shape index (κ1) is 15.5. The summed E-state index contributed by atoms with van der Waals surface area (Å²) in [5.74, 6) is 0. The van der Waals surface area contributed by atoms with E-state index in [4.69, 9.17) is 4.74 Å². The first-order valence-corrected chi connectivity index (χ1v) is 7.77. The molecule has 1 atom stereocenters. The number of aryl methyl sites for hydroxylation is 1. The summed E-state index contributed by atoms with van der Waals surface area (Å²) in [6.45, 7) is 8.17. The maximum absolute atomic E-state index is 5.09. The predicted octanol–water partition coefficient (Wildman–Crippen LogP) is 1.49. The van der Waals surface area contributed by atoms with Gasteiger partial charge in [-0.25, -0.2) is 4.98 Å². The molecule has 1 fully saturated rings. The van der Waals surface area contributed by atoms with E-state index in [1.807, 2.05) is 12.5 Å². The van der Waals surface area contributed by atoms with Gasteiger partial charge in [-0.2, -0.15) is 0 Å². The van der Waals surface area contributed by atoms with Crippen molar-refractivity contribution >= 4 is 0 Å². The van der Waals surface area contributed by atoms with Crippen molar-refractivity contribution in [2.24, 2.45) is 0 Å². The highest BCUT2D eigenvalue weighted by Gasteiger charge is 2.22. The molecule has 2 heterocycles. The number of nitrogens with one attached hydrogen (secondary N) is 1. The Balaban J connectivity index is 1.86. The summed E-state index contributed by atoms with van der Waals surface area (Å²) in [5.41, 5.74) is 1.33. The summed E-state index contributed by atoms with van der Waals surface area (Å²) >= 11 is 0. The Morgan fingerprint density at radius 1 is 1.45 bits per heavy atom. The molecule has 1 aromatic heterocycles. The van der Waals surface area contributed by atoms with E-state index in [0.717, 1.165) is 32.8 Å². The van der Waals surface area contributed by atoms with Crippen LogP contribution in [0, 0.1) is 0 Å². The second-order valence-corrected chi connectivity index (χ2v) is 5.49. The largest absolute Gasteiger partial charge is 0.383 e. The fourth-order valence-corrected chi connectivity index (χ4v) is 2.91. The van der Waals surface area contributed by atoms with Gasteiger partial charge in [0, 0.05) is 45.5 Å². The summed E-state index contributed by atoms with van der Waals surface area (Å²) in [6, 6.07) is 0.640. The molecule has 1 aromatic rings. The number of ether oxygens (including phenoxy) is 1. The van der Waals surface area contributed by atoms with Gasteiger partial charge in [0.15, 0.2) is 0 Å². The van der Waals surface area contributed by atoms with E-state index in [-0.39, 0.29) is 0 Å². The molecule has 1 N–H and O–H groups in total. The second-order valence-electron chi connectivity index (χ2n) is 5.49. The molecule has 0 saturated carbocycles. The zero-order chi connectivity index (χ0) is 14.2. The Kier molecular flexibility index (Phi) is 6.50. The van der Waals surface area contributed by atoms with Crippen LogP contribution >= 0.6 is 0 Å². The van der Waals surface area contributed by atoms with Crippen LogP contribution in [0.5, 0.6) is 0 Å². The number of aromatic nitrogens is 2. The van der Waals surface area contributed by atoms with Gasteiger partial charge in [0.05, 0.1) is 18.6 Å². The Morgan fingerprint density at radius 2 is 2.35 bits per heavy atom. The van der Waals surface area contributed by atoms with E-state index in [1.54, 1.807) is 7.11 Å². The van der Waals surface area contributed by atoms with E-state index in [2.05, 4.69) is 26.7 Å². The molecule has 5 heteroatoms. The SMILES string of the molecule is CCn1cncc1CN1CCCCC1CNCCOC. The molecule has 0 aliphatic carbocycles. The average molecular weight is 280 g/mol. The third-order valence-corrected chi connectivity index (χ3v) is 4.12. The van der Waals surface area contributed by atoms with Crippen molar-refractivity contribution in [1.29, 1.82) is 0 Å². The zero-order valence-electron chi connectivity index (χ0n) is 12.8. The van der Waals surface area contributed by atoms with Gasteiger partial charge in [-0.05, 0) is 26.3 Å². The molecule has 1 aliphatic rings. The third kappa shape index (κ3) is 4.30. The predicted molar refractivity (Wildman–Crippen MR) is 80.7 cm³/mol. The van der Waals surface area contributed by atoms with Crippen molar-refractivity contribution in [3.8, 4) is 0 Å². The topological polar surface area (TPSA) is 42.3 Å². The molecule has 0 bridgehead atoms. The lowest BCUT2D eigenvalue weighted by Gasteiger charge is -2.36. The van der Waals surface area contributed by atoms with Crippen molar-refractivity contribution in [3.63, 3.8) is 0 Å². The van der Waals surface area contributed by atoms with Gasteiger partial charge in [-0.15, -0.1) is 0 Å². The fourth-order valence-electron chi connectivity index (χ4n) is 2.91. The van der Waals surface area contributed by atoms with E-state index in [0.29, 0.717) is 6.04 Å². The number of likely N-dealkylation sites (tertiary alicyclic amines) is 1. The summed E-state index contributed by atoms with van der Waals surface area (Å²) < 4.78 is 7.33. The normalized spacial score (nSPS) is 20.4. The van der Waals surface area contributed by atoms with Crippen molar-refractivity contribution < 1.29 is 4.74 Å². The van der Waals surface area contributed by atoms with Crippen LogP contribution in [-0.4, -0.2) is 53.8 Å². The highest BCUT2D eigenvalue weighted by atomic mass is 16.5. The summed E-state index contributed by atoms with van der Waals surface area (Å²) in [5, 5.41) is 3.51. The third-order valence-electron chi connectivity index (χ3n) is 4.12. The Labute approximate surface area is 122 Å². The number of methoxy groups -OCH3 is 1. The first-order chi connectivity index (χ1) is 9.85. The molecule has 0 aromatic carbocycles. The van der Waals surface area contributed by atoms with Gasteiger partial charge in [0.1, 0.15) is 0 Å². The molecule has 114 valence electrons. The molecule has 0 spiro atoms. The lowest BCUT2D eigenvalue weighted by Crippen LogP contribution is -2.45. The van der Waals surface area contributed by atoms with Gasteiger partial charge >= 0.3 is 0 Å². The molecule has 0 radical (unpaired) electrons. The number of hydrogen-bond acceptors (Lipinski definition) is 4. The molecule has 2 rings (SSSR count). The standard InChI is InChI=1S/C15H28N4O/c1-3-18-13-17-11-15(18)12-19-8-5-4-6-14(19)10-16-7-9-20-2/h11,13-14,16H,3-10,12H2,1-2H3. The van der Waals surface area contributed by atoms with Crippen LogP contribution in [0.1, 0.15) is 31.9 Å². The van der Waals surface area contributed by atoms with Crippen LogP contribution in [0.3, 0.4) is 0 Å². The van der Waals surface area contributed by atoms with E-state index in [1.165, 1.54) is 31.5 Å². The van der Waals surface area contributed by atoms with E-state index < -0.39 is 0 Å². The minimum absolute atomic E-state index is 0.640. The van der Waals surface area contributed by atoms with Crippen LogP contribution in [0.25, 0.3) is 0 Å². The second kappa shape index (κ2) is 8.39. The maximum Gasteiger partial charge on any atom is 0.0948 e. The smallest absolute Gasteiger partial charge is 0.0948 e. The molecule has 0 amide bonds. The van der Waals surface area contributed by atoms with Crippen molar-refractivity contribution in [2.45, 2.75) is 45.3 Å². The number of imidazole rings is 1. The number of rotatable bonds is 8. The Bertz CT molecular complexity index is 380. The molecular formula is C15H28N4O. The molecule has 20 heavy (non-hydrogen) atoms. The molecular weight excluding hydrogens is 252 g/mol. The first-order valence-electron chi connectivity index (χ1n) is 7.77. The average Bonchev–Trinajstić information content (AvgIpc) is 2.92. The summed E-state index contributed by atoms with van der Waals surface area (Å²) in [6.07, 6.45) is 7.90. The number of piperidine rings is 1. The fraction of sp³-hybridized carbons (Fsp3) is 0.800. The monoisotopic (exact) mass is 280 g/mol. The van der Waals surface area contributed by atoms with Crippen LogP contribution in [0.2, 0.25) is 0 Å². The van der Waals surface area contributed by atoms with Crippen LogP contribution < -0.4 is 5.32 Å². The quantitative estimate of drug-likeness (QED) is 0.733. The zero-order valence-corrected chi connectivity index (χ0v) is 12.8. The lowest BCUT2D eigenvalue weighted by atomic mass is 10.0. The number of nitrogens with zero attached hydrogens (tertiary/aromatic N) is 3. The van der Waals surface area contributed by atoms with Crippen molar-refractivity contribution in [1.82, 2.24) is 19.8 Å². The van der Waals surface area contributed by atoms with Crippen LogP contribution in [0.15, 0.2) is 12.5 Å². The summed E-state index contributed by atoms with van der Waals surface area (Å²) in [7, 11) is 1.75. The summed E-state index contributed by atoms with van der Waals surface area (Å²) in [4.78, 5) is 6.88. The van der Waals surface area contributed by atoms with E-state index in [9.17, 15) is 0 Å². The Hall–Kier alpha value is -0.910. The highest BCUT2D eigenvalue weighted by Crippen LogP contribution is 2.19. The molecule has 5 nitrogen and oxygen atoms in total. The molecule has 1 saturated heterocycles. The van der Waals surface area contributed by atoms with Crippen LogP contribution in [0.4, 0.5) is 0 Å². The number of hydrogen-bond donors (Lipinski definition) is 1. The van der Waals surface area contributed by atoms with Gasteiger partial charge in [-0.1, -0.05) is 6.42 Å². The maximum atomic E-state index is 5.09. The lowest BCUT2D eigenvalue weighted by molar-refractivity contribution is 0.130. The molecule has 1 unspecified atom stereocenters. The highest BCUT2D eigenvalue weighted by molar-refractivity contribution is 4.99. The van der Waals surface area contributed by atoms with Gasteiger partial charge in [0.2, 0.25) is 0 Å². The molecule has 1 aliphatic heterocycles.